The largest absolute Gasteiger partial charge is 0.416 e. The van der Waals surface area contributed by atoms with Crippen LogP contribution in [-0.2, 0) is 6.18 Å². The predicted octanol–water partition coefficient (Wildman–Crippen LogP) is 2.31. The van der Waals surface area contributed by atoms with Crippen LogP contribution >= 0.6 is 0 Å². The van der Waals surface area contributed by atoms with Crippen LogP contribution in [0.25, 0.3) is 11.1 Å². The Labute approximate surface area is 106 Å². The molecule has 0 atom stereocenters. The van der Waals surface area contributed by atoms with Gasteiger partial charge in [-0.1, -0.05) is 17.2 Å². The number of fused-ring (bicyclic) bond motifs is 1. The number of alkyl halides is 3. The molecule has 1 aromatic heterocycles. The fraction of sp³-hybridized carbons (Fsp3) is 0.0769. The average molecular weight is 264 g/mol. The quantitative estimate of drug-likeness (QED) is 0.789. The van der Waals surface area contributed by atoms with E-state index in [1.54, 1.807) is 30.0 Å². The van der Waals surface area contributed by atoms with Gasteiger partial charge in [0.25, 0.3) is 0 Å². The number of benzene rings is 1. The van der Waals surface area contributed by atoms with Gasteiger partial charge in [-0.2, -0.15) is 18.6 Å². The number of halogens is 3. The Bertz CT molecular complexity index is 662. The highest BCUT2D eigenvalue weighted by Crippen LogP contribution is 2.32. The number of hydrogen-bond donors (Lipinski definition) is 1. The molecule has 0 spiro atoms. The zero-order chi connectivity index (χ0) is 13.5. The first kappa shape index (κ1) is 11.9. The molecule has 0 unspecified atom stereocenters. The maximum atomic E-state index is 12.7. The molecule has 19 heavy (non-hydrogen) atoms. The van der Waals surface area contributed by atoms with Crippen LogP contribution in [-0.4, -0.2) is 11.2 Å². The minimum atomic E-state index is -4.34. The average Bonchev–Trinajstić information content (AvgIpc) is 2.85. The van der Waals surface area contributed by atoms with Crippen molar-refractivity contribution in [3.8, 4) is 11.1 Å². The molecule has 0 amide bonds. The van der Waals surface area contributed by atoms with Crippen LogP contribution in [0.1, 0.15) is 11.3 Å². The van der Waals surface area contributed by atoms with E-state index in [1.165, 1.54) is 6.07 Å². The summed E-state index contributed by atoms with van der Waals surface area (Å²) in [6, 6.07) is 6.99. The molecule has 0 saturated heterocycles. The Balaban J connectivity index is 2.03. The number of nitrogens with two attached hydrogens (primary N) is 1. The summed E-state index contributed by atoms with van der Waals surface area (Å²) in [6.07, 6.45) is -1.17. The van der Waals surface area contributed by atoms with Crippen LogP contribution in [0.15, 0.2) is 41.6 Å². The number of nitrogens with zero attached hydrogens (tertiary/aromatic N) is 2. The third kappa shape index (κ3) is 2.22. The van der Waals surface area contributed by atoms with Gasteiger partial charge in [-0.15, -0.1) is 0 Å². The Kier molecular flexibility index (Phi) is 2.60. The van der Waals surface area contributed by atoms with Gasteiger partial charge >= 0.3 is 6.18 Å². The summed E-state index contributed by atoms with van der Waals surface area (Å²) in [4.78, 5) is 4.17. The molecule has 96 valence electrons. The first-order chi connectivity index (χ1) is 9.04. The third-order valence-corrected chi connectivity index (χ3v) is 2.88. The van der Waals surface area contributed by atoms with E-state index in [2.05, 4.69) is 10.1 Å². The lowest BCUT2D eigenvalue weighted by Crippen LogP contribution is -2.69. The van der Waals surface area contributed by atoms with Crippen LogP contribution in [0.2, 0.25) is 0 Å². The summed E-state index contributed by atoms with van der Waals surface area (Å²) in [5.41, 5.74) is 3.66. The first-order valence-corrected chi connectivity index (χ1v) is 5.58. The molecule has 2 aromatic rings. The van der Waals surface area contributed by atoms with Gasteiger partial charge < -0.3 is 0 Å². The molecule has 0 radical (unpaired) electrons. The zero-order valence-electron chi connectivity index (χ0n) is 9.65. The van der Waals surface area contributed by atoms with E-state index in [-0.39, 0.29) is 0 Å². The minimum Gasteiger partial charge on any atom is -0.248 e. The molecule has 3 nitrogen and oxygen atoms in total. The molecule has 2 N–H and O–H groups in total. The summed E-state index contributed by atoms with van der Waals surface area (Å²) >= 11 is 0. The number of hydrogen-bond acceptors (Lipinski definition) is 2. The molecule has 0 saturated carbocycles. The second-order valence-electron chi connectivity index (χ2n) is 4.18. The molecule has 3 rings (SSSR count). The van der Waals surface area contributed by atoms with E-state index in [1.807, 2.05) is 0 Å². The Morgan fingerprint density at radius 1 is 1.05 bits per heavy atom. The van der Waals surface area contributed by atoms with Crippen LogP contribution in [0, 0.1) is 0 Å². The van der Waals surface area contributed by atoms with Crippen molar-refractivity contribution in [2.24, 2.45) is 5.10 Å². The van der Waals surface area contributed by atoms with Crippen molar-refractivity contribution < 1.29 is 18.6 Å². The number of quaternary nitrogens is 1. The summed E-state index contributed by atoms with van der Waals surface area (Å²) in [5, 5.41) is 3.95. The van der Waals surface area contributed by atoms with Crippen molar-refractivity contribution in [3.05, 3.63) is 47.8 Å². The van der Waals surface area contributed by atoms with E-state index in [9.17, 15) is 13.2 Å². The first-order valence-electron chi connectivity index (χ1n) is 5.58. The summed E-state index contributed by atoms with van der Waals surface area (Å²) in [7, 11) is 0. The highest BCUT2D eigenvalue weighted by molar-refractivity contribution is 5.85. The van der Waals surface area contributed by atoms with Crippen molar-refractivity contribution in [2.75, 3.05) is 0 Å². The van der Waals surface area contributed by atoms with Crippen LogP contribution in [0.5, 0.6) is 0 Å². The molecule has 2 heterocycles. The number of rotatable bonds is 1. The van der Waals surface area contributed by atoms with E-state index < -0.39 is 11.7 Å². The van der Waals surface area contributed by atoms with Gasteiger partial charge in [-0.25, -0.2) is 4.98 Å². The van der Waals surface area contributed by atoms with E-state index in [0.717, 1.165) is 23.5 Å². The van der Waals surface area contributed by atoms with Gasteiger partial charge in [0, 0.05) is 17.8 Å². The van der Waals surface area contributed by atoms with Crippen molar-refractivity contribution in [2.45, 2.75) is 6.18 Å². The van der Waals surface area contributed by atoms with Gasteiger partial charge in [0.1, 0.15) is 11.9 Å². The SMILES string of the molecule is FC(F)(F)c1cccc(-c2cnc3c(c2)[NH2+]N=C3)c1. The lowest BCUT2D eigenvalue weighted by Gasteiger charge is -2.08. The minimum absolute atomic E-state index is 0.491. The molecule has 6 heteroatoms. The number of pyridine rings is 1. The second-order valence-corrected chi connectivity index (χ2v) is 4.18. The van der Waals surface area contributed by atoms with Crippen LogP contribution in [0.4, 0.5) is 18.9 Å². The summed E-state index contributed by atoms with van der Waals surface area (Å²) in [5.74, 6) is 0. The Morgan fingerprint density at radius 2 is 1.89 bits per heavy atom. The third-order valence-electron chi connectivity index (χ3n) is 2.88. The van der Waals surface area contributed by atoms with Gasteiger partial charge in [-0.3, -0.25) is 0 Å². The van der Waals surface area contributed by atoms with Gasteiger partial charge in [-0.05, 0) is 17.7 Å². The fourth-order valence-corrected chi connectivity index (χ4v) is 1.92. The molecular weight excluding hydrogens is 255 g/mol. The standard InChI is InChI=1S/C13H8F3N3/c14-13(15,16)10-3-1-2-8(4-10)9-5-11-12(17-6-9)7-18-19-11/h1-7H,(H,18,19)/p+1. The van der Waals surface area contributed by atoms with Gasteiger partial charge in [0.2, 0.25) is 0 Å². The van der Waals surface area contributed by atoms with Crippen LogP contribution < -0.4 is 5.43 Å². The lowest BCUT2D eigenvalue weighted by molar-refractivity contribution is -0.573. The van der Waals surface area contributed by atoms with Crippen molar-refractivity contribution >= 4 is 11.9 Å². The molecule has 0 bridgehead atoms. The molecule has 0 fully saturated rings. The normalized spacial score (nSPS) is 13.6. The predicted molar refractivity (Wildman–Crippen MR) is 63.9 cm³/mol. The lowest BCUT2D eigenvalue weighted by atomic mass is 10.0. The number of aromatic nitrogens is 1. The maximum absolute atomic E-state index is 12.7. The maximum Gasteiger partial charge on any atom is 0.416 e. The smallest absolute Gasteiger partial charge is 0.248 e. The fourth-order valence-electron chi connectivity index (χ4n) is 1.92. The molecule has 0 aliphatic carbocycles. The van der Waals surface area contributed by atoms with E-state index >= 15 is 0 Å². The van der Waals surface area contributed by atoms with E-state index in [0.29, 0.717) is 11.1 Å². The van der Waals surface area contributed by atoms with Crippen molar-refractivity contribution in [1.29, 1.82) is 0 Å². The Hall–Kier alpha value is -2.21. The highest BCUT2D eigenvalue weighted by atomic mass is 19.4. The highest BCUT2D eigenvalue weighted by Gasteiger charge is 2.30. The van der Waals surface area contributed by atoms with Crippen LogP contribution in [0.3, 0.4) is 0 Å². The zero-order valence-corrected chi connectivity index (χ0v) is 9.65. The van der Waals surface area contributed by atoms with Gasteiger partial charge in [0.05, 0.1) is 5.56 Å². The van der Waals surface area contributed by atoms with Gasteiger partial charge in [0.15, 0.2) is 5.69 Å². The van der Waals surface area contributed by atoms with Crippen molar-refractivity contribution in [1.82, 2.24) is 4.98 Å². The molecule has 1 aliphatic heterocycles. The molecule has 1 aliphatic rings. The summed E-state index contributed by atoms with van der Waals surface area (Å²) in [6.45, 7) is 0. The van der Waals surface area contributed by atoms with Crippen molar-refractivity contribution in [3.63, 3.8) is 0 Å². The summed E-state index contributed by atoms with van der Waals surface area (Å²) < 4.78 is 38.0. The second kappa shape index (κ2) is 4.17. The monoisotopic (exact) mass is 264 g/mol. The molecular formula is C13H9F3N3+. The molecule has 1 aromatic carbocycles. The Morgan fingerprint density at radius 3 is 2.68 bits per heavy atom. The topological polar surface area (TPSA) is 41.9 Å². The van der Waals surface area contributed by atoms with E-state index in [4.69, 9.17) is 0 Å².